The highest BCUT2D eigenvalue weighted by atomic mass is 16.6. The second-order valence-electron chi connectivity index (χ2n) is 4.73. The Morgan fingerprint density at radius 3 is 2.69 bits per heavy atom. The molecule has 0 N–H and O–H groups in total. The van der Waals surface area contributed by atoms with Gasteiger partial charge < -0.3 is 9.47 Å². The quantitative estimate of drug-likeness (QED) is 0.544. The van der Waals surface area contributed by atoms with Gasteiger partial charge in [-0.1, -0.05) is 6.08 Å². The number of hydrogen-bond acceptors (Lipinski definition) is 4. The van der Waals surface area contributed by atoms with E-state index in [1.54, 1.807) is 13.0 Å². The first-order valence-corrected chi connectivity index (χ1v) is 5.33. The summed E-state index contributed by atoms with van der Waals surface area (Å²) in [5.41, 5.74) is 0.140. The predicted molar refractivity (Wildman–Crippen MR) is 58.7 cm³/mol. The van der Waals surface area contributed by atoms with Gasteiger partial charge in [0, 0.05) is 18.4 Å². The van der Waals surface area contributed by atoms with E-state index in [1.165, 1.54) is 7.11 Å². The van der Waals surface area contributed by atoms with Crippen LogP contribution in [0.3, 0.4) is 0 Å². The molecule has 0 amide bonds. The Hall–Kier alpha value is -1.32. The molecule has 1 saturated heterocycles. The van der Waals surface area contributed by atoms with Crippen molar-refractivity contribution in [2.45, 2.75) is 39.7 Å². The number of cyclic esters (lactones) is 1. The summed E-state index contributed by atoms with van der Waals surface area (Å²) < 4.78 is 9.78. The van der Waals surface area contributed by atoms with Crippen LogP contribution in [0.2, 0.25) is 0 Å². The van der Waals surface area contributed by atoms with Crippen LogP contribution in [0, 0.1) is 5.41 Å². The van der Waals surface area contributed by atoms with E-state index in [1.807, 2.05) is 13.8 Å². The fourth-order valence-electron chi connectivity index (χ4n) is 1.69. The van der Waals surface area contributed by atoms with Crippen molar-refractivity contribution in [3.8, 4) is 0 Å². The zero-order chi connectivity index (χ0) is 12.3. The molecule has 1 rings (SSSR count). The highest BCUT2D eigenvalue weighted by Gasteiger charge is 2.40. The molecule has 1 unspecified atom stereocenters. The molecule has 0 saturated carbocycles. The molecular formula is C12H18O4. The third kappa shape index (κ3) is 2.84. The molecule has 1 fully saturated rings. The molecule has 0 radical (unpaired) electrons. The summed E-state index contributed by atoms with van der Waals surface area (Å²) >= 11 is 0. The van der Waals surface area contributed by atoms with E-state index in [0.29, 0.717) is 18.4 Å². The van der Waals surface area contributed by atoms with Crippen LogP contribution < -0.4 is 0 Å². The van der Waals surface area contributed by atoms with Gasteiger partial charge in [0.2, 0.25) is 0 Å². The van der Waals surface area contributed by atoms with Crippen molar-refractivity contribution in [3.63, 3.8) is 0 Å². The van der Waals surface area contributed by atoms with Gasteiger partial charge in [-0.05, 0) is 20.8 Å². The van der Waals surface area contributed by atoms with Crippen LogP contribution in [0.1, 0.15) is 33.6 Å². The van der Waals surface area contributed by atoms with Crippen molar-refractivity contribution < 1.29 is 19.1 Å². The van der Waals surface area contributed by atoms with Crippen molar-refractivity contribution in [1.82, 2.24) is 0 Å². The monoisotopic (exact) mass is 226 g/mol. The predicted octanol–water partition coefficient (Wildman–Crippen LogP) is 1.84. The summed E-state index contributed by atoms with van der Waals surface area (Å²) in [4.78, 5) is 22.5. The van der Waals surface area contributed by atoms with Crippen LogP contribution in [0.15, 0.2) is 11.6 Å². The van der Waals surface area contributed by atoms with E-state index in [2.05, 4.69) is 4.74 Å². The van der Waals surface area contributed by atoms with E-state index in [-0.39, 0.29) is 18.0 Å². The standard InChI is InChI=1S/C12H18O4/c1-8(10(13)15-4)5-6-9-7-12(2,3)11(14)16-9/h5,9H,6-7H2,1-4H3. The number of ether oxygens (including phenoxy) is 2. The zero-order valence-corrected chi connectivity index (χ0v) is 10.2. The maximum Gasteiger partial charge on any atom is 0.333 e. The van der Waals surface area contributed by atoms with Crippen molar-refractivity contribution in [1.29, 1.82) is 0 Å². The Morgan fingerprint density at radius 1 is 1.62 bits per heavy atom. The molecule has 1 aliphatic rings. The van der Waals surface area contributed by atoms with Crippen LogP contribution in [0.25, 0.3) is 0 Å². The van der Waals surface area contributed by atoms with Gasteiger partial charge in [0.05, 0.1) is 12.5 Å². The second-order valence-corrected chi connectivity index (χ2v) is 4.73. The van der Waals surface area contributed by atoms with Gasteiger partial charge in [-0.2, -0.15) is 0 Å². The largest absolute Gasteiger partial charge is 0.466 e. The van der Waals surface area contributed by atoms with Gasteiger partial charge >= 0.3 is 11.9 Å². The lowest BCUT2D eigenvalue weighted by atomic mass is 9.89. The zero-order valence-electron chi connectivity index (χ0n) is 10.2. The first kappa shape index (κ1) is 12.7. The summed E-state index contributed by atoms with van der Waals surface area (Å²) in [7, 11) is 1.35. The van der Waals surface area contributed by atoms with Gasteiger partial charge in [0.25, 0.3) is 0 Å². The molecule has 4 heteroatoms. The third-order valence-corrected chi connectivity index (χ3v) is 2.76. The van der Waals surface area contributed by atoms with Crippen LogP contribution in [-0.4, -0.2) is 25.2 Å². The maximum atomic E-state index is 11.4. The van der Waals surface area contributed by atoms with Crippen molar-refractivity contribution in [2.75, 3.05) is 7.11 Å². The molecule has 0 spiro atoms. The van der Waals surface area contributed by atoms with Gasteiger partial charge in [0.15, 0.2) is 0 Å². The van der Waals surface area contributed by atoms with Crippen molar-refractivity contribution in [2.24, 2.45) is 5.41 Å². The Bertz CT molecular complexity index is 328. The highest BCUT2D eigenvalue weighted by Crippen LogP contribution is 2.34. The molecule has 90 valence electrons. The van der Waals surface area contributed by atoms with E-state index in [0.717, 1.165) is 0 Å². The van der Waals surface area contributed by atoms with E-state index in [9.17, 15) is 9.59 Å². The molecule has 1 aliphatic heterocycles. The van der Waals surface area contributed by atoms with Crippen LogP contribution in [0.5, 0.6) is 0 Å². The normalized spacial score (nSPS) is 24.1. The molecule has 1 atom stereocenters. The fraction of sp³-hybridized carbons (Fsp3) is 0.667. The summed E-state index contributed by atoms with van der Waals surface area (Å²) in [6.45, 7) is 5.42. The number of hydrogen-bond donors (Lipinski definition) is 0. The van der Waals surface area contributed by atoms with Crippen molar-refractivity contribution in [3.05, 3.63) is 11.6 Å². The number of methoxy groups -OCH3 is 1. The Kier molecular flexibility index (Phi) is 3.73. The summed E-state index contributed by atoms with van der Waals surface area (Å²) in [6.07, 6.45) is 2.89. The molecule has 0 aromatic heterocycles. The average molecular weight is 226 g/mol. The molecule has 16 heavy (non-hydrogen) atoms. The molecular weight excluding hydrogens is 208 g/mol. The smallest absolute Gasteiger partial charge is 0.333 e. The summed E-state index contributed by atoms with van der Waals surface area (Å²) in [5.74, 6) is -0.509. The lowest BCUT2D eigenvalue weighted by Crippen LogP contribution is -2.16. The number of carbonyl (C=O) groups is 2. The van der Waals surface area contributed by atoms with Crippen LogP contribution in [0.4, 0.5) is 0 Å². The van der Waals surface area contributed by atoms with Crippen molar-refractivity contribution >= 4 is 11.9 Å². The van der Waals surface area contributed by atoms with E-state index in [4.69, 9.17) is 4.74 Å². The number of rotatable bonds is 3. The SMILES string of the molecule is COC(=O)C(C)=CCC1CC(C)(C)C(=O)O1. The minimum atomic E-state index is -0.405. The van der Waals surface area contributed by atoms with Gasteiger partial charge in [0.1, 0.15) is 6.10 Å². The summed E-state index contributed by atoms with van der Waals surface area (Å²) in [5, 5.41) is 0. The number of carbonyl (C=O) groups excluding carboxylic acids is 2. The average Bonchev–Trinajstić information content (AvgIpc) is 2.48. The lowest BCUT2D eigenvalue weighted by Gasteiger charge is -2.09. The Balaban J connectivity index is 2.53. The Labute approximate surface area is 95.6 Å². The van der Waals surface area contributed by atoms with E-state index < -0.39 is 5.41 Å². The maximum absolute atomic E-state index is 11.4. The minimum Gasteiger partial charge on any atom is -0.466 e. The van der Waals surface area contributed by atoms with Crippen LogP contribution >= 0.6 is 0 Å². The first-order valence-electron chi connectivity index (χ1n) is 5.33. The second kappa shape index (κ2) is 4.68. The van der Waals surface area contributed by atoms with Gasteiger partial charge in [-0.25, -0.2) is 4.79 Å². The lowest BCUT2D eigenvalue weighted by molar-refractivity contribution is -0.147. The van der Waals surface area contributed by atoms with Crippen LogP contribution in [-0.2, 0) is 19.1 Å². The third-order valence-electron chi connectivity index (χ3n) is 2.76. The first-order chi connectivity index (χ1) is 7.36. The highest BCUT2D eigenvalue weighted by molar-refractivity contribution is 5.87. The minimum absolute atomic E-state index is 0.123. The van der Waals surface area contributed by atoms with Gasteiger partial charge in [-0.15, -0.1) is 0 Å². The molecule has 4 nitrogen and oxygen atoms in total. The van der Waals surface area contributed by atoms with Gasteiger partial charge in [-0.3, -0.25) is 4.79 Å². The molecule has 0 aromatic rings. The number of esters is 2. The summed E-state index contributed by atoms with van der Waals surface area (Å²) in [6, 6.07) is 0. The molecule has 1 heterocycles. The topological polar surface area (TPSA) is 52.6 Å². The molecule has 0 bridgehead atoms. The molecule has 0 aliphatic carbocycles. The Morgan fingerprint density at radius 2 is 2.25 bits per heavy atom. The van der Waals surface area contributed by atoms with E-state index >= 15 is 0 Å². The molecule has 0 aromatic carbocycles. The fourth-order valence-corrected chi connectivity index (χ4v) is 1.69.